The van der Waals surface area contributed by atoms with Crippen molar-refractivity contribution in [3.05, 3.63) is 23.8 Å². The number of aliphatic carboxylic acids is 1. The van der Waals surface area contributed by atoms with Gasteiger partial charge in [0.25, 0.3) is 5.91 Å². The van der Waals surface area contributed by atoms with Crippen LogP contribution in [0.1, 0.15) is 29.6 Å². The number of hydrogen-bond acceptors (Lipinski definition) is 4. The van der Waals surface area contributed by atoms with Crippen molar-refractivity contribution in [1.29, 1.82) is 0 Å². The third-order valence-electron chi connectivity index (χ3n) is 5.68. The fourth-order valence-electron chi connectivity index (χ4n) is 4.18. The van der Waals surface area contributed by atoms with E-state index in [-0.39, 0.29) is 24.4 Å². The normalized spacial score (nSPS) is 23.7. The van der Waals surface area contributed by atoms with Crippen LogP contribution in [0.5, 0.6) is 5.75 Å². The molecule has 8 nitrogen and oxygen atoms in total. The number of hydrogen-bond donors (Lipinski definition) is 2. The van der Waals surface area contributed by atoms with Crippen LogP contribution in [0.4, 0.5) is 10.5 Å². The molecular formula is C19H25N3O5. The summed E-state index contributed by atoms with van der Waals surface area (Å²) < 4.78 is 5.28. The largest absolute Gasteiger partial charge is 0.495 e. The van der Waals surface area contributed by atoms with Crippen LogP contribution < -0.4 is 10.1 Å². The summed E-state index contributed by atoms with van der Waals surface area (Å²) in [6, 6.07) is 4.46. The highest BCUT2D eigenvalue weighted by Crippen LogP contribution is 2.49. The zero-order valence-corrected chi connectivity index (χ0v) is 15.8. The average molecular weight is 375 g/mol. The van der Waals surface area contributed by atoms with Gasteiger partial charge in [-0.3, -0.25) is 9.59 Å². The molecule has 8 heteroatoms. The number of amides is 3. The molecule has 146 valence electrons. The SMILES string of the molecule is COc1ccc(C(=O)N(C)C)cc1NC(=O)N1C[C@@H]2CCC[C@@]2(C(=O)O)C1. The number of ether oxygens (including phenoxy) is 1. The summed E-state index contributed by atoms with van der Waals surface area (Å²) in [5, 5.41) is 12.5. The molecule has 0 spiro atoms. The van der Waals surface area contributed by atoms with Crippen LogP contribution in [0.15, 0.2) is 18.2 Å². The van der Waals surface area contributed by atoms with Gasteiger partial charge in [-0.05, 0) is 37.0 Å². The predicted molar refractivity (Wildman–Crippen MR) is 99.0 cm³/mol. The zero-order valence-electron chi connectivity index (χ0n) is 15.8. The van der Waals surface area contributed by atoms with Crippen molar-refractivity contribution in [3.63, 3.8) is 0 Å². The number of nitrogens with one attached hydrogen (secondary N) is 1. The molecule has 2 N–H and O–H groups in total. The van der Waals surface area contributed by atoms with Gasteiger partial charge in [0.15, 0.2) is 0 Å². The molecular weight excluding hydrogens is 350 g/mol. The van der Waals surface area contributed by atoms with E-state index in [0.717, 1.165) is 12.8 Å². The third kappa shape index (κ3) is 3.31. The number of carboxylic acid groups (broad SMARTS) is 1. The minimum Gasteiger partial charge on any atom is -0.495 e. The standard InChI is InChI=1S/C19H25N3O5/c1-21(2)16(23)12-6-7-15(27-3)14(9-12)20-18(26)22-10-13-5-4-8-19(13,11-22)17(24)25/h6-7,9,13H,4-5,8,10-11H2,1-3H3,(H,20,26)(H,24,25)/t13-,19+/m0/s1. The molecule has 2 fully saturated rings. The molecule has 1 aliphatic carbocycles. The summed E-state index contributed by atoms with van der Waals surface area (Å²) in [4.78, 5) is 39.7. The lowest BCUT2D eigenvalue weighted by Gasteiger charge is -2.23. The molecule has 1 heterocycles. The van der Waals surface area contributed by atoms with Gasteiger partial charge >= 0.3 is 12.0 Å². The number of urea groups is 1. The van der Waals surface area contributed by atoms with Crippen molar-refractivity contribution >= 4 is 23.6 Å². The Morgan fingerprint density at radius 1 is 1.33 bits per heavy atom. The van der Waals surface area contributed by atoms with Crippen molar-refractivity contribution in [2.75, 3.05) is 39.6 Å². The van der Waals surface area contributed by atoms with E-state index >= 15 is 0 Å². The van der Waals surface area contributed by atoms with Gasteiger partial charge in [0.2, 0.25) is 0 Å². The molecule has 3 rings (SSSR count). The van der Waals surface area contributed by atoms with E-state index in [1.54, 1.807) is 37.2 Å². The molecule has 1 aromatic carbocycles. The molecule has 27 heavy (non-hydrogen) atoms. The van der Waals surface area contributed by atoms with Crippen LogP contribution in [0.2, 0.25) is 0 Å². The Balaban J connectivity index is 1.79. The first-order valence-electron chi connectivity index (χ1n) is 8.97. The number of carboxylic acids is 1. The summed E-state index contributed by atoms with van der Waals surface area (Å²) >= 11 is 0. The van der Waals surface area contributed by atoms with Crippen LogP contribution in [0.3, 0.4) is 0 Å². The van der Waals surface area contributed by atoms with Gasteiger partial charge in [-0.15, -0.1) is 0 Å². The fraction of sp³-hybridized carbons (Fsp3) is 0.526. The lowest BCUT2D eigenvalue weighted by molar-refractivity contribution is -0.149. The minimum atomic E-state index is -0.829. The lowest BCUT2D eigenvalue weighted by Crippen LogP contribution is -2.38. The summed E-state index contributed by atoms with van der Waals surface area (Å²) in [5.41, 5.74) is -0.0162. The zero-order chi connectivity index (χ0) is 19.8. The van der Waals surface area contributed by atoms with Crippen LogP contribution in [-0.2, 0) is 4.79 Å². The van der Waals surface area contributed by atoms with Crippen molar-refractivity contribution < 1.29 is 24.2 Å². The summed E-state index contributed by atoms with van der Waals surface area (Å²) in [7, 11) is 4.79. The topological polar surface area (TPSA) is 99.2 Å². The van der Waals surface area contributed by atoms with Gasteiger partial charge in [0, 0.05) is 32.7 Å². The molecule has 0 unspecified atom stereocenters. The molecule has 2 atom stereocenters. The first kappa shape index (κ1) is 19.0. The molecule has 0 aromatic heterocycles. The molecule has 1 aromatic rings. The average Bonchev–Trinajstić information content (AvgIpc) is 3.19. The number of nitrogens with zero attached hydrogens (tertiary/aromatic N) is 2. The van der Waals surface area contributed by atoms with Gasteiger partial charge in [0.05, 0.1) is 18.2 Å². The van der Waals surface area contributed by atoms with Crippen LogP contribution in [0.25, 0.3) is 0 Å². The van der Waals surface area contributed by atoms with Crippen LogP contribution in [-0.4, -0.2) is 67.1 Å². The molecule has 1 saturated heterocycles. The van der Waals surface area contributed by atoms with Crippen molar-refractivity contribution in [2.45, 2.75) is 19.3 Å². The molecule has 2 aliphatic rings. The summed E-state index contributed by atoms with van der Waals surface area (Å²) in [6.07, 6.45) is 2.31. The Labute approximate surface area is 158 Å². The molecule has 3 amide bonds. The van der Waals surface area contributed by atoms with E-state index in [0.29, 0.717) is 30.0 Å². The maximum atomic E-state index is 12.8. The highest BCUT2D eigenvalue weighted by atomic mass is 16.5. The number of likely N-dealkylation sites (tertiary alicyclic amines) is 1. The second-order valence-electron chi connectivity index (χ2n) is 7.48. The van der Waals surface area contributed by atoms with Gasteiger partial charge in [0.1, 0.15) is 5.75 Å². The smallest absolute Gasteiger partial charge is 0.321 e. The molecule has 0 radical (unpaired) electrons. The van der Waals surface area contributed by atoms with E-state index < -0.39 is 11.4 Å². The lowest BCUT2D eigenvalue weighted by atomic mass is 9.81. The summed E-state index contributed by atoms with van der Waals surface area (Å²) in [6.45, 7) is 0.633. The van der Waals surface area contributed by atoms with E-state index in [4.69, 9.17) is 4.74 Å². The van der Waals surface area contributed by atoms with Crippen LogP contribution >= 0.6 is 0 Å². The van der Waals surface area contributed by atoms with Gasteiger partial charge in [-0.25, -0.2) is 4.79 Å². The highest BCUT2D eigenvalue weighted by Gasteiger charge is 2.55. The van der Waals surface area contributed by atoms with E-state index in [1.165, 1.54) is 12.0 Å². The number of methoxy groups -OCH3 is 1. The third-order valence-corrected chi connectivity index (χ3v) is 5.68. The Bertz CT molecular complexity index is 779. The number of benzene rings is 1. The van der Waals surface area contributed by atoms with Crippen molar-refractivity contribution in [2.24, 2.45) is 11.3 Å². The number of anilines is 1. The maximum Gasteiger partial charge on any atom is 0.321 e. The monoisotopic (exact) mass is 375 g/mol. The molecule has 0 bridgehead atoms. The van der Waals surface area contributed by atoms with Gasteiger partial charge < -0.3 is 25.0 Å². The van der Waals surface area contributed by atoms with Crippen molar-refractivity contribution in [1.82, 2.24) is 9.80 Å². The Kier molecular flexibility index (Phi) is 4.99. The second-order valence-corrected chi connectivity index (χ2v) is 7.48. The van der Waals surface area contributed by atoms with Gasteiger partial charge in [-0.1, -0.05) is 6.42 Å². The Hall–Kier alpha value is -2.77. The van der Waals surface area contributed by atoms with Gasteiger partial charge in [-0.2, -0.15) is 0 Å². The van der Waals surface area contributed by atoms with E-state index in [1.807, 2.05) is 0 Å². The second kappa shape index (κ2) is 7.09. The quantitative estimate of drug-likeness (QED) is 0.840. The first-order valence-corrected chi connectivity index (χ1v) is 8.97. The first-order chi connectivity index (χ1) is 12.8. The summed E-state index contributed by atoms with van der Waals surface area (Å²) in [5.74, 6) is -0.583. The minimum absolute atomic E-state index is 0.00991. The van der Waals surface area contributed by atoms with Crippen molar-refractivity contribution in [3.8, 4) is 5.75 Å². The fourth-order valence-corrected chi connectivity index (χ4v) is 4.18. The molecule has 1 aliphatic heterocycles. The number of carbonyl (C=O) groups is 3. The number of carbonyl (C=O) groups excluding carboxylic acids is 2. The predicted octanol–water partition coefficient (Wildman–Crippen LogP) is 2.12. The van der Waals surface area contributed by atoms with E-state index in [9.17, 15) is 19.5 Å². The highest BCUT2D eigenvalue weighted by molar-refractivity contribution is 5.98. The Morgan fingerprint density at radius 3 is 2.67 bits per heavy atom. The van der Waals surface area contributed by atoms with Crippen LogP contribution in [0, 0.1) is 11.3 Å². The number of rotatable bonds is 4. The Morgan fingerprint density at radius 2 is 2.07 bits per heavy atom. The molecule has 1 saturated carbocycles. The maximum absolute atomic E-state index is 12.8. The van der Waals surface area contributed by atoms with E-state index in [2.05, 4.69) is 5.32 Å². The number of fused-ring (bicyclic) bond motifs is 1.